The summed E-state index contributed by atoms with van der Waals surface area (Å²) in [7, 11) is 0. The number of hydrogen-bond donors (Lipinski definition) is 2. The highest BCUT2D eigenvalue weighted by atomic mass is 35.5. The summed E-state index contributed by atoms with van der Waals surface area (Å²) in [5.74, 6) is -0.450. The standard InChI is InChI=1S/C13H11ClFN3O/c14-9-3-5-10(6-4-9)18-13(19)17-8-12-11(15)2-1-7-16-12/h1-7H,8H2,(H2,17,18,19). The van der Waals surface area contributed by atoms with Crippen molar-refractivity contribution in [2.24, 2.45) is 0 Å². The maximum Gasteiger partial charge on any atom is 0.319 e. The summed E-state index contributed by atoms with van der Waals surface area (Å²) in [5, 5.41) is 5.70. The van der Waals surface area contributed by atoms with Gasteiger partial charge >= 0.3 is 6.03 Å². The minimum Gasteiger partial charge on any atom is -0.332 e. The summed E-state index contributed by atoms with van der Waals surface area (Å²) in [5.41, 5.74) is 0.789. The largest absolute Gasteiger partial charge is 0.332 e. The number of pyridine rings is 1. The molecule has 2 aromatic rings. The molecule has 2 amide bonds. The third kappa shape index (κ3) is 3.93. The molecule has 1 aromatic carbocycles. The van der Waals surface area contributed by atoms with Crippen molar-refractivity contribution in [2.75, 3.05) is 5.32 Å². The van der Waals surface area contributed by atoms with Crippen LogP contribution in [0.4, 0.5) is 14.9 Å². The van der Waals surface area contributed by atoms with Gasteiger partial charge in [0.1, 0.15) is 5.82 Å². The van der Waals surface area contributed by atoms with E-state index < -0.39 is 11.8 Å². The lowest BCUT2D eigenvalue weighted by Gasteiger charge is -2.07. The van der Waals surface area contributed by atoms with Crippen molar-refractivity contribution in [2.45, 2.75) is 6.54 Å². The molecular weight excluding hydrogens is 269 g/mol. The second-order valence-electron chi connectivity index (χ2n) is 3.75. The number of carbonyl (C=O) groups is 1. The Balaban J connectivity index is 1.88. The molecule has 6 heteroatoms. The van der Waals surface area contributed by atoms with Crippen molar-refractivity contribution >= 4 is 23.3 Å². The summed E-state index contributed by atoms with van der Waals surface area (Å²) < 4.78 is 13.3. The summed E-state index contributed by atoms with van der Waals surface area (Å²) in [4.78, 5) is 15.4. The van der Waals surface area contributed by atoms with Gasteiger partial charge in [-0.05, 0) is 36.4 Å². The van der Waals surface area contributed by atoms with Crippen LogP contribution in [-0.4, -0.2) is 11.0 Å². The molecule has 98 valence electrons. The molecule has 0 aliphatic carbocycles. The van der Waals surface area contributed by atoms with Gasteiger partial charge in [0.25, 0.3) is 0 Å². The van der Waals surface area contributed by atoms with Crippen LogP contribution in [0, 0.1) is 5.82 Å². The van der Waals surface area contributed by atoms with Crippen LogP contribution in [0.15, 0.2) is 42.6 Å². The fourth-order valence-electron chi connectivity index (χ4n) is 1.42. The summed E-state index contributed by atoms with van der Waals surface area (Å²) in [6.07, 6.45) is 1.47. The number of nitrogens with one attached hydrogen (secondary N) is 2. The highest BCUT2D eigenvalue weighted by molar-refractivity contribution is 6.30. The molecule has 19 heavy (non-hydrogen) atoms. The normalized spacial score (nSPS) is 10.0. The van der Waals surface area contributed by atoms with Gasteiger partial charge in [-0.2, -0.15) is 0 Å². The Morgan fingerprint density at radius 3 is 2.68 bits per heavy atom. The van der Waals surface area contributed by atoms with Crippen LogP contribution in [0.1, 0.15) is 5.69 Å². The number of rotatable bonds is 3. The van der Waals surface area contributed by atoms with E-state index in [0.29, 0.717) is 10.7 Å². The van der Waals surface area contributed by atoms with Gasteiger partial charge < -0.3 is 10.6 Å². The molecule has 0 spiro atoms. The average molecular weight is 280 g/mol. The van der Waals surface area contributed by atoms with Gasteiger partial charge in [0.15, 0.2) is 0 Å². The van der Waals surface area contributed by atoms with Crippen molar-refractivity contribution in [1.82, 2.24) is 10.3 Å². The Labute approximate surface area is 114 Å². The van der Waals surface area contributed by atoms with Crippen LogP contribution in [0.2, 0.25) is 5.02 Å². The molecule has 1 heterocycles. The summed E-state index contributed by atoms with van der Waals surface area (Å²) >= 11 is 5.73. The molecule has 4 nitrogen and oxygen atoms in total. The molecule has 0 saturated carbocycles. The molecule has 0 atom stereocenters. The van der Waals surface area contributed by atoms with E-state index in [1.165, 1.54) is 18.3 Å². The molecule has 0 fully saturated rings. The van der Waals surface area contributed by atoms with Crippen LogP contribution >= 0.6 is 11.6 Å². The Hall–Kier alpha value is -2.14. The van der Waals surface area contributed by atoms with Crippen molar-refractivity contribution in [3.8, 4) is 0 Å². The van der Waals surface area contributed by atoms with E-state index in [1.54, 1.807) is 24.3 Å². The van der Waals surface area contributed by atoms with Gasteiger partial charge in [0.2, 0.25) is 0 Å². The van der Waals surface area contributed by atoms with Crippen LogP contribution in [0.25, 0.3) is 0 Å². The number of benzene rings is 1. The lowest BCUT2D eigenvalue weighted by atomic mass is 10.3. The number of hydrogen-bond acceptors (Lipinski definition) is 2. The van der Waals surface area contributed by atoms with Gasteiger partial charge in [-0.3, -0.25) is 4.98 Å². The predicted molar refractivity (Wildman–Crippen MR) is 71.5 cm³/mol. The summed E-state index contributed by atoms with van der Waals surface area (Å²) in [6, 6.07) is 9.01. The Morgan fingerprint density at radius 2 is 2.00 bits per heavy atom. The number of urea groups is 1. The molecule has 2 rings (SSSR count). The molecule has 0 unspecified atom stereocenters. The number of halogens is 2. The number of aromatic nitrogens is 1. The highest BCUT2D eigenvalue weighted by Gasteiger charge is 2.05. The first kappa shape index (κ1) is 13.3. The topological polar surface area (TPSA) is 54.0 Å². The monoisotopic (exact) mass is 279 g/mol. The Kier molecular flexibility index (Phi) is 4.30. The van der Waals surface area contributed by atoms with E-state index >= 15 is 0 Å². The zero-order chi connectivity index (χ0) is 13.7. The van der Waals surface area contributed by atoms with Crippen LogP contribution < -0.4 is 10.6 Å². The Morgan fingerprint density at radius 1 is 1.26 bits per heavy atom. The van der Waals surface area contributed by atoms with Gasteiger partial charge in [0, 0.05) is 16.9 Å². The quantitative estimate of drug-likeness (QED) is 0.906. The van der Waals surface area contributed by atoms with E-state index in [0.717, 1.165) is 0 Å². The highest BCUT2D eigenvalue weighted by Crippen LogP contribution is 2.13. The van der Waals surface area contributed by atoms with Gasteiger partial charge in [-0.1, -0.05) is 11.6 Å². The molecule has 0 bridgehead atoms. The van der Waals surface area contributed by atoms with E-state index in [1.807, 2.05) is 0 Å². The molecule has 0 radical (unpaired) electrons. The van der Waals surface area contributed by atoms with E-state index in [4.69, 9.17) is 11.6 Å². The first-order valence-corrected chi connectivity index (χ1v) is 5.93. The second-order valence-corrected chi connectivity index (χ2v) is 4.18. The van der Waals surface area contributed by atoms with Crippen molar-refractivity contribution in [3.63, 3.8) is 0 Å². The third-order valence-electron chi connectivity index (χ3n) is 2.35. The van der Waals surface area contributed by atoms with Gasteiger partial charge in [-0.25, -0.2) is 9.18 Å². The van der Waals surface area contributed by atoms with Gasteiger partial charge in [-0.15, -0.1) is 0 Å². The third-order valence-corrected chi connectivity index (χ3v) is 2.61. The Bertz CT molecular complexity index is 574. The van der Waals surface area contributed by atoms with Crippen LogP contribution in [0.5, 0.6) is 0 Å². The minimum absolute atomic E-state index is 0.0199. The first-order chi connectivity index (χ1) is 9.15. The molecular formula is C13H11ClFN3O. The van der Waals surface area contributed by atoms with E-state index in [9.17, 15) is 9.18 Å². The number of carbonyl (C=O) groups excluding carboxylic acids is 1. The first-order valence-electron chi connectivity index (χ1n) is 5.55. The van der Waals surface area contributed by atoms with Crippen LogP contribution in [0.3, 0.4) is 0 Å². The number of anilines is 1. The number of nitrogens with zero attached hydrogens (tertiary/aromatic N) is 1. The van der Waals surface area contributed by atoms with Crippen molar-refractivity contribution in [3.05, 3.63) is 59.1 Å². The van der Waals surface area contributed by atoms with Crippen molar-refractivity contribution < 1.29 is 9.18 Å². The average Bonchev–Trinajstić information content (AvgIpc) is 2.40. The van der Waals surface area contributed by atoms with Gasteiger partial charge in [0.05, 0.1) is 12.2 Å². The molecule has 1 aromatic heterocycles. The second kappa shape index (κ2) is 6.15. The zero-order valence-electron chi connectivity index (χ0n) is 9.86. The fourth-order valence-corrected chi connectivity index (χ4v) is 1.55. The van der Waals surface area contributed by atoms with E-state index in [-0.39, 0.29) is 12.2 Å². The zero-order valence-corrected chi connectivity index (χ0v) is 10.6. The maximum atomic E-state index is 13.3. The SMILES string of the molecule is O=C(NCc1ncccc1F)Nc1ccc(Cl)cc1. The predicted octanol–water partition coefficient (Wildman–Crippen LogP) is 3.20. The fraction of sp³-hybridized carbons (Fsp3) is 0.0769. The van der Waals surface area contributed by atoms with Crippen molar-refractivity contribution in [1.29, 1.82) is 0 Å². The molecule has 2 N–H and O–H groups in total. The molecule has 0 aliphatic rings. The summed E-state index contributed by atoms with van der Waals surface area (Å²) in [6.45, 7) is 0.0199. The smallest absolute Gasteiger partial charge is 0.319 e. The molecule has 0 aliphatic heterocycles. The number of amides is 2. The van der Waals surface area contributed by atoms with E-state index in [2.05, 4.69) is 15.6 Å². The maximum absolute atomic E-state index is 13.3. The lowest BCUT2D eigenvalue weighted by molar-refractivity contribution is 0.251. The van der Waals surface area contributed by atoms with Crippen LogP contribution in [-0.2, 0) is 6.54 Å². The lowest BCUT2D eigenvalue weighted by Crippen LogP contribution is -2.28. The molecule has 0 saturated heterocycles. The minimum atomic E-state index is -0.450.